The fourth-order valence-corrected chi connectivity index (χ4v) is 1.92. The third-order valence-corrected chi connectivity index (χ3v) is 3.20. The number of ether oxygens (including phenoxy) is 1. The molecule has 0 atom stereocenters. The van der Waals surface area contributed by atoms with Gasteiger partial charge in [-0.2, -0.15) is 13.2 Å². The van der Waals surface area contributed by atoms with E-state index >= 15 is 0 Å². The summed E-state index contributed by atoms with van der Waals surface area (Å²) in [5.74, 6) is -5.54. The lowest BCUT2D eigenvalue weighted by Crippen LogP contribution is -2.07. The summed E-state index contributed by atoms with van der Waals surface area (Å²) in [5, 5.41) is 0. The van der Waals surface area contributed by atoms with Crippen LogP contribution in [0.3, 0.4) is 0 Å². The van der Waals surface area contributed by atoms with E-state index in [1.807, 2.05) is 0 Å². The van der Waals surface area contributed by atoms with Crippen molar-refractivity contribution in [2.24, 2.45) is 0 Å². The van der Waals surface area contributed by atoms with Crippen LogP contribution in [0.15, 0.2) is 28.7 Å². The molecule has 2 aromatic carbocycles. The zero-order chi connectivity index (χ0) is 16.7. The normalized spacial score (nSPS) is 11.6. The molecule has 0 saturated carbocycles. The van der Waals surface area contributed by atoms with E-state index in [1.165, 1.54) is 0 Å². The van der Waals surface area contributed by atoms with Gasteiger partial charge < -0.3 is 10.5 Å². The molecule has 0 bridgehead atoms. The van der Waals surface area contributed by atoms with Crippen LogP contribution in [0.5, 0.6) is 11.5 Å². The van der Waals surface area contributed by atoms with Gasteiger partial charge in [-0.15, -0.1) is 0 Å². The van der Waals surface area contributed by atoms with Gasteiger partial charge >= 0.3 is 6.18 Å². The van der Waals surface area contributed by atoms with Gasteiger partial charge in [0.1, 0.15) is 5.82 Å². The van der Waals surface area contributed by atoms with Crippen molar-refractivity contribution in [2.45, 2.75) is 6.18 Å². The van der Waals surface area contributed by atoms with Gasteiger partial charge in [-0.3, -0.25) is 0 Å². The zero-order valence-corrected chi connectivity index (χ0v) is 12.0. The van der Waals surface area contributed by atoms with Crippen LogP contribution in [0.1, 0.15) is 5.56 Å². The molecule has 0 aromatic heterocycles. The number of hydrogen-bond acceptors (Lipinski definition) is 2. The van der Waals surface area contributed by atoms with Gasteiger partial charge in [0, 0.05) is 6.07 Å². The van der Waals surface area contributed by atoms with E-state index in [0.29, 0.717) is 0 Å². The Morgan fingerprint density at radius 1 is 0.909 bits per heavy atom. The van der Waals surface area contributed by atoms with Crippen LogP contribution >= 0.6 is 15.9 Å². The van der Waals surface area contributed by atoms with E-state index in [1.54, 1.807) is 0 Å². The summed E-state index contributed by atoms with van der Waals surface area (Å²) < 4.78 is 82.6. The maximum Gasteiger partial charge on any atom is 0.416 e. The number of halogens is 7. The van der Waals surface area contributed by atoms with Crippen LogP contribution in [-0.4, -0.2) is 0 Å². The van der Waals surface area contributed by atoms with Crippen LogP contribution in [0.2, 0.25) is 0 Å². The summed E-state index contributed by atoms with van der Waals surface area (Å²) in [6.45, 7) is 0. The van der Waals surface area contributed by atoms with E-state index in [9.17, 15) is 26.3 Å². The van der Waals surface area contributed by atoms with Crippen LogP contribution in [0.25, 0.3) is 0 Å². The Balaban J connectivity index is 2.45. The highest BCUT2D eigenvalue weighted by Crippen LogP contribution is 2.37. The average Bonchev–Trinajstić information content (AvgIpc) is 2.38. The summed E-state index contributed by atoms with van der Waals surface area (Å²) in [7, 11) is 0. The highest BCUT2D eigenvalue weighted by molar-refractivity contribution is 9.10. The highest BCUT2D eigenvalue weighted by atomic mass is 79.9. The number of nitrogens with two attached hydrogens (primary N) is 1. The third kappa shape index (κ3) is 3.29. The quantitative estimate of drug-likeness (QED) is 0.565. The maximum absolute atomic E-state index is 13.6. The second-order valence-corrected chi connectivity index (χ2v) is 5.03. The van der Waals surface area contributed by atoms with Gasteiger partial charge in [-0.1, -0.05) is 0 Å². The van der Waals surface area contributed by atoms with Crippen molar-refractivity contribution in [3.05, 3.63) is 51.8 Å². The molecule has 0 saturated heterocycles. The smallest absolute Gasteiger partial charge is 0.416 e. The summed E-state index contributed by atoms with van der Waals surface area (Å²) in [4.78, 5) is 0. The number of benzene rings is 2. The van der Waals surface area contributed by atoms with Gasteiger partial charge in [0.05, 0.1) is 15.7 Å². The summed E-state index contributed by atoms with van der Waals surface area (Å²) in [6, 6.07) is 1.98. The third-order valence-electron chi connectivity index (χ3n) is 2.59. The minimum Gasteiger partial charge on any atom is -0.449 e. The maximum atomic E-state index is 13.6. The fraction of sp³-hybridized carbons (Fsp3) is 0.0769. The predicted molar refractivity (Wildman–Crippen MR) is 69.9 cm³/mol. The summed E-state index contributed by atoms with van der Waals surface area (Å²) in [5.41, 5.74) is 3.82. The Bertz CT molecular complexity index is 708. The van der Waals surface area contributed by atoms with E-state index in [2.05, 4.69) is 15.9 Å². The molecular weight excluding hydrogens is 380 g/mol. The molecule has 0 fully saturated rings. The molecule has 0 amide bonds. The average molecular weight is 386 g/mol. The first-order chi connectivity index (χ1) is 10.1. The second kappa shape index (κ2) is 5.71. The number of hydrogen-bond donors (Lipinski definition) is 1. The number of alkyl halides is 3. The number of anilines is 1. The first-order valence-electron chi connectivity index (χ1n) is 5.58. The Kier molecular flexibility index (Phi) is 4.28. The van der Waals surface area contributed by atoms with Crippen molar-refractivity contribution in [3.63, 3.8) is 0 Å². The van der Waals surface area contributed by atoms with Crippen molar-refractivity contribution < 1.29 is 31.1 Å². The zero-order valence-electron chi connectivity index (χ0n) is 10.4. The monoisotopic (exact) mass is 385 g/mol. The molecular formula is C13H6BrF6NO. The summed E-state index contributed by atoms with van der Waals surface area (Å²) >= 11 is 2.84. The molecule has 0 spiro atoms. The standard InChI is InChI=1S/C13H6BrF6NO/c14-6-3-10(21)11(4-7(6)15)22-12-8(16)1-5(2-9(12)17)13(18,19)20/h1-4H,21H2. The van der Waals surface area contributed by atoms with Gasteiger partial charge in [0.25, 0.3) is 0 Å². The molecule has 2 nitrogen and oxygen atoms in total. The minimum atomic E-state index is -4.91. The largest absolute Gasteiger partial charge is 0.449 e. The van der Waals surface area contributed by atoms with Crippen LogP contribution in [0, 0.1) is 17.5 Å². The van der Waals surface area contributed by atoms with E-state index in [4.69, 9.17) is 10.5 Å². The Hall–Kier alpha value is -1.90. The fourth-order valence-electron chi connectivity index (χ4n) is 1.56. The lowest BCUT2D eigenvalue weighted by atomic mass is 10.2. The van der Waals surface area contributed by atoms with Crippen LogP contribution < -0.4 is 10.5 Å². The first kappa shape index (κ1) is 16.5. The molecule has 2 rings (SSSR count). The molecule has 0 aliphatic rings. The summed E-state index contributed by atoms with van der Waals surface area (Å²) in [6.07, 6.45) is -4.91. The van der Waals surface area contributed by atoms with Crippen molar-refractivity contribution in [2.75, 3.05) is 5.73 Å². The van der Waals surface area contributed by atoms with Gasteiger partial charge in [0.15, 0.2) is 23.1 Å². The van der Waals surface area contributed by atoms with E-state index in [-0.39, 0.29) is 22.3 Å². The molecule has 118 valence electrons. The number of nitrogen functional groups attached to an aromatic ring is 1. The Morgan fingerprint density at radius 2 is 1.45 bits per heavy atom. The van der Waals surface area contributed by atoms with Gasteiger partial charge in [0.2, 0.25) is 0 Å². The first-order valence-corrected chi connectivity index (χ1v) is 6.37. The van der Waals surface area contributed by atoms with E-state index in [0.717, 1.165) is 12.1 Å². The highest BCUT2D eigenvalue weighted by Gasteiger charge is 2.33. The predicted octanol–water partition coefficient (Wildman–Crippen LogP) is 5.26. The van der Waals surface area contributed by atoms with Crippen molar-refractivity contribution in [3.8, 4) is 11.5 Å². The molecule has 22 heavy (non-hydrogen) atoms. The molecule has 0 aliphatic carbocycles. The molecule has 2 aromatic rings. The minimum absolute atomic E-state index is 0.00860. The molecule has 0 heterocycles. The van der Waals surface area contributed by atoms with Crippen molar-refractivity contribution in [1.82, 2.24) is 0 Å². The molecule has 0 unspecified atom stereocenters. The van der Waals surface area contributed by atoms with Gasteiger partial charge in [-0.25, -0.2) is 13.2 Å². The molecule has 2 N–H and O–H groups in total. The lowest BCUT2D eigenvalue weighted by molar-refractivity contribution is -0.138. The lowest BCUT2D eigenvalue weighted by Gasteiger charge is -2.13. The Labute approximate surface area is 128 Å². The SMILES string of the molecule is Nc1cc(Br)c(F)cc1Oc1c(F)cc(C(F)(F)F)cc1F. The second-order valence-electron chi connectivity index (χ2n) is 4.17. The molecule has 0 radical (unpaired) electrons. The molecule has 9 heteroatoms. The number of rotatable bonds is 2. The van der Waals surface area contributed by atoms with Crippen molar-refractivity contribution >= 4 is 21.6 Å². The van der Waals surface area contributed by atoms with Crippen LogP contribution in [-0.2, 0) is 6.18 Å². The van der Waals surface area contributed by atoms with Gasteiger partial charge in [-0.05, 0) is 34.1 Å². The van der Waals surface area contributed by atoms with Crippen LogP contribution in [0.4, 0.5) is 32.0 Å². The molecule has 0 aliphatic heterocycles. The van der Waals surface area contributed by atoms with Crippen molar-refractivity contribution in [1.29, 1.82) is 0 Å². The Morgan fingerprint density at radius 3 is 1.95 bits per heavy atom. The topological polar surface area (TPSA) is 35.2 Å². The van der Waals surface area contributed by atoms with E-state index < -0.39 is 40.7 Å².